The molecule has 0 aliphatic heterocycles. The topological polar surface area (TPSA) is 83.8 Å². The minimum Gasteiger partial charge on any atom is -0.508 e. The Morgan fingerprint density at radius 3 is 1.84 bits per heavy atom. The number of phenolic OH excluding ortho intramolecular Hbond substituents is 1. The number of phenols is 1. The second-order valence-electron chi connectivity index (χ2n) is 8.17. The van der Waals surface area contributed by atoms with E-state index in [1.807, 2.05) is 0 Å². The van der Waals surface area contributed by atoms with Crippen molar-refractivity contribution in [1.82, 2.24) is 0 Å². The Bertz CT molecular complexity index is 875. The van der Waals surface area contributed by atoms with E-state index in [1.54, 1.807) is 18.2 Å². The predicted octanol–water partition coefficient (Wildman–Crippen LogP) is 7.28. The molecule has 2 aromatic carbocycles. The van der Waals surface area contributed by atoms with E-state index in [9.17, 15) is 18.1 Å². The van der Waals surface area contributed by atoms with Gasteiger partial charge < -0.3 is 9.84 Å². The number of hydrogen-bond donors (Lipinski definition) is 2. The fourth-order valence-electron chi connectivity index (χ4n) is 3.63. The van der Waals surface area contributed by atoms with Gasteiger partial charge in [0.2, 0.25) is 0 Å². The number of benzene rings is 2. The van der Waals surface area contributed by atoms with Gasteiger partial charge in [0.05, 0.1) is 4.90 Å². The minimum atomic E-state index is -4.32. The molecule has 0 aliphatic rings. The van der Waals surface area contributed by atoms with Crippen molar-refractivity contribution in [3.05, 3.63) is 48.0 Å². The Morgan fingerprint density at radius 1 is 0.742 bits per heavy atom. The minimum absolute atomic E-state index is 0.121. The molecule has 2 aromatic rings. The number of aromatic hydroxyl groups is 1. The van der Waals surface area contributed by atoms with Crippen molar-refractivity contribution in [1.29, 1.82) is 0 Å². The second kappa shape index (κ2) is 13.4. The fraction of sp³-hybridized carbons (Fsp3) is 0.520. The molecular weight excluding hydrogens is 412 g/mol. The molecule has 0 spiro atoms. The van der Waals surface area contributed by atoms with Crippen molar-refractivity contribution in [3.63, 3.8) is 0 Å². The quantitative estimate of drug-likeness (QED) is 0.221. The van der Waals surface area contributed by atoms with Crippen LogP contribution in [0.15, 0.2) is 47.4 Å². The molecule has 0 aliphatic carbocycles. The zero-order valence-corrected chi connectivity index (χ0v) is 19.4. The third-order valence-electron chi connectivity index (χ3n) is 5.38. The summed E-state index contributed by atoms with van der Waals surface area (Å²) in [6.45, 7) is 2.24. The fourth-order valence-corrected chi connectivity index (χ4v) is 4.19. The monoisotopic (exact) mass is 448 g/mol. The summed E-state index contributed by atoms with van der Waals surface area (Å²) in [5.74, 6) is 0.945. The molecule has 5 nitrogen and oxygen atoms in total. The zero-order chi connectivity index (χ0) is 22.5. The van der Waals surface area contributed by atoms with Gasteiger partial charge in [0.15, 0.2) is 0 Å². The molecule has 31 heavy (non-hydrogen) atoms. The highest BCUT2D eigenvalue weighted by atomic mass is 32.2. The maximum Gasteiger partial charge on any atom is 0.294 e. The standard InChI is InChI=1S/C25H36O5S/c1-2-3-4-5-6-7-8-9-10-11-12-13-21-18-24(20-25(19-21)31(27,28)29)30-23-16-14-22(26)15-17-23/h14-20,26H,2-13H2,1H3,(H,27,28,29). The van der Waals surface area contributed by atoms with Crippen LogP contribution in [0.1, 0.15) is 83.1 Å². The Kier molecular flexibility index (Phi) is 10.9. The smallest absolute Gasteiger partial charge is 0.294 e. The van der Waals surface area contributed by atoms with Crippen LogP contribution in [0.25, 0.3) is 0 Å². The molecule has 0 saturated heterocycles. The van der Waals surface area contributed by atoms with Gasteiger partial charge in [-0.3, -0.25) is 4.55 Å². The van der Waals surface area contributed by atoms with E-state index < -0.39 is 10.1 Å². The highest BCUT2D eigenvalue weighted by molar-refractivity contribution is 7.85. The zero-order valence-electron chi connectivity index (χ0n) is 18.6. The highest BCUT2D eigenvalue weighted by Gasteiger charge is 2.13. The number of ether oxygens (including phenoxy) is 1. The third kappa shape index (κ3) is 10.2. The largest absolute Gasteiger partial charge is 0.508 e. The van der Waals surface area contributed by atoms with E-state index in [1.165, 1.54) is 82.1 Å². The van der Waals surface area contributed by atoms with E-state index >= 15 is 0 Å². The van der Waals surface area contributed by atoms with Gasteiger partial charge in [-0.15, -0.1) is 0 Å². The molecule has 0 aromatic heterocycles. The lowest BCUT2D eigenvalue weighted by molar-refractivity contribution is 0.461. The number of hydrogen-bond acceptors (Lipinski definition) is 4. The Labute approximate surface area is 187 Å². The molecule has 0 fully saturated rings. The van der Waals surface area contributed by atoms with Crippen molar-refractivity contribution in [2.24, 2.45) is 0 Å². The van der Waals surface area contributed by atoms with Gasteiger partial charge in [0, 0.05) is 6.07 Å². The summed E-state index contributed by atoms with van der Waals surface area (Å²) >= 11 is 0. The van der Waals surface area contributed by atoms with Crippen LogP contribution in [0.4, 0.5) is 0 Å². The van der Waals surface area contributed by atoms with E-state index in [0.29, 0.717) is 11.5 Å². The molecule has 0 bridgehead atoms. The van der Waals surface area contributed by atoms with Crippen LogP contribution in [0.3, 0.4) is 0 Å². The molecule has 0 heterocycles. The molecular formula is C25H36O5S. The van der Waals surface area contributed by atoms with E-state index in [0.717, 1.165) is 24.8 Å². The Hall–Kier alpha value is -2.05. The average molecular weight is 449 g/mol. The number of aryl methyl sites for hydroxylation is 1. The van der Waals surface area contributed by atoms with Crippen molar-refractivity contribution in [3.8, 4) is 17.2 Å². The highest BCUT2D eigenvalue weighted by Crippen LogP contribution is 2.28. The maximum absolute atomic E-state index is 11.7. The van der Waals surface area contributed by atoms with Gasteiger partial charge in [-0.2, -0.15) is 8.42 Å². The third-order valence-corrected chi connectivity index (χ3v) is 6.21. The summed E-state index contributed by atoms with van der Waals surface area (Å²) in [7, 11) is -4.32. The summed E-state index contributed by atoms with van der Waals surface area (Å²) < 4.78 is 38.5. The summed E-state index contributed by atoms with van der Waals surface area (Å²) in [6.07, 6.45) is 14.5. The molecule has 0 amide bonds. The average Bonchev–Trinajstić information content (AvgIpc) is 2.73. The van der Waals surface area contributed by atoms with Crippen LogP contribution < -0.4 is 4.74 Å². The molecule has 172 valence electrons. The van der Waals surface area contributed by atoms with Crippen molar-refractivity contribution >= 4 is 10.1 Å². The molecule has 0 radical (unpaired) electrons. The van der Waals surface area contributed by atoms with Crippen LogP contribution in [-0.4, -0.2) is 18.1 Å². The maximum atomic E-state index is 11.7. The lowest BCUT2D eigenvalue weighted by atomic mass is 10.0. The SMILES string of the molecule is CCCCCCCCCCCCCc1cc(Oc2ccc(O)cc2)cc(S(=O)(=O)O)c1. The van der Waals surface area contributed by atoms with Crippen LogP contribution in [-0.2, 0) is 16.5 Å². The predicted molar refractivity (Wildman–Crippen MR) is 125 cm³/mol. The van der Waals surface area contributed by atoms with Crippen molar-refractivity contribution in [2.75, 3.05) is 0 Å². The molecule has 6 heteroatoms. The van der Waals surface area contributed by atoms with E-state index in [2.05, 4.69) is 6.92 Å². The summed E-state index contributed by atoms with van der Waals surface area (Å²) in [6, 6.07) is 10.8. The Morgan fingerprint density at radius 2 is 1.29 bits per heavy atom. The first kappa shape index (κ1) is 25.2. The molecule has 2 rings (SSSR count). The van der Waals surface area contributed by atoms with Gasteiger partial charge in [0.1, 0.15) is 17.2 Å². The Balaban J connectivity index is 1.81. The van der Waals surface area contributed by atoms with Gasteiger partial charge in [-0.1, -0.05) is 71.1 Å². The van der Waals surface area contributed by atoms with Gasteiger partial charge in [-0.05, 0) is 54.8 Å². The van der Waals surface area contributed by atoms with E-state index in [-0.39, 0.29) is 10.6 Å². The lowest BCUT2D eigenvalue weighted by Gasteiger charge is -2.10. The molecule has 0 atom stereocenters. The summed E-state index contributed by atoms with van der Waals surface area (Å²) in [5.41, 5.74) is 0.819. The number of unbranched alkanes of at least 4 members (excludes halogenated alkanes) is 10. The molecule has 2 N–H and O–H groups in total. The lowest BCUT2D eigenvalue weighted by Crippen LogP contribution is -2.00. The van der Waals surface area contributed by atoms with Gasteiger partial charge >= 0.3 is 0 Å². The van der Waals surface area contributed by atoms with Crippen molar-refractivity contribution < 1.29 is 22.8 Å². The first-order valence-corrected chi connectivity index (χ1v) is 12.9. The first-order chi connectivity index (χ1) is 14.9. The molecule has 0 saturated carbocycles. The van der Waals surface area contributed by atoms with Crippen LogP contribution in [0.5, 0.6) is 17.2 Å². The van der Waals surface area contributed by atoms with Crippen LogP contribution >= 0.6 is 0 Å². The number of rotatable bonds is 15. The van der Waals surface area contributed by atoms with Gasteiger partial charge in [0.25, 0.3) is 10.1 Å². The first-order valence-electron chi connectivity index (χ1n) is 11.5. The summed E-state index contributed by atoms with van der Waals surface area (Å²) in [4.78, 5) is -0.165. The van der Waals surface area contributed by atoms with Crippen LogP contribution in [0, 0.1) is 0 Å². The summed E-state index contributed by atoms with van der Waals surface area (Å²) in [5, 5.41) is 9.38. The second-order valence-corrected chi connectivity index (χ2v) is 9.59. The van der Waals surface area contributed by atoms with Crippen molar-refractivity contribution in [2.45, 2.75) is 88.9 Å². The normalized spacial score (nSPS) is 11.5. The van der Waals surface area contributed by atoms with E-state index in [4.69, 9.17) is 4.74 Å². The molecule has 0 unspecified atom stereocenters. The van der Waals surface area contributed by atoms with Crippen LogP contribution in [0.2, 0.25) is 0 Å². The van der Waals surface area contributed by atoms with Gasteiger partial charge in [-0.25, -0.2) is 0 Å².